The van der Waals surface area contributed by atoms with Gasteiger partial charge in [-0.15, -0.1) is 0 Å². The number of carbonyl (C=O) groups is 1. The van der Waals surface area contributed by atoms with Gasteiger partial charge in [-0.2, -0.15) is 0 Å². The molecule has 1 heteroatoms. The maximum absolute atomic E-state index is 10.6. The van der Waals surface area contributed by atoms with E-state index in [1.54, 1.807) is 0 Å². The lowest BCUT2D eigenvalue weighted by Gasteiger charge is -2.24. The van der Waals surface area contributed by atoms with Crippen LogP contribution in [0, 0.1) is 11.8 Å². The smallest absolute Gasteiger partial charge is 0.137 e. The van der Waals surface area contributed by atoms with Crippen LogP contribution in [0.1, 0.15) is 32.1 Å². The van der Waals surface area contributed by atoms with Gasteiger partial charge in [0.2, 0.25) is 0 Å². The molecule has 2 fully saturated rings. The summed E-state index contributed by atoms with van der Waals surface area (Å²) in [6.45, 7) is 0. The van der Waals surface area contributed by atoms with E-state index in [1.165, 1.54) is 25.7 Å². The third kappa shape index (κ3) is 1.00. The first-order chi connectivity index (χ1) is 4.36. The van der Waals surface area contributed by atoms with Gasteiger partial charge in [0.25, 0.3) is 0 Å². The minimum absolute atomic E-state index is 0.510. The van der Waals surface area contributed by atoms with Crippen LogP contribution in [0.2, 0.25) is 0 Å². The van der Waals surface area contributed by atoms with Crippen molar-refractivity contribution in [3.8, 4) is 0 Å². The van der Waals surface area contributed by atoms with Crippen molar-refractivity contribution in [1.29, 1.82) is 0 Å². The van der Waals surface area contributed by atoms with Crippen LogP contribution in [-0.2, 0) is 4.79 Å². The molecule has 1 nitrogen and oxygen atoms in total. The molecule has 0 aromatic heterocycles. The van der Waals surface area contributed by atoms with Gasteiger partial charge in [-0.25, -0.2) is 0 Å². The zero-order valence-electron chi connectivity index (χ0n) is 5.60. The average molecular weight is 124 g/mol. The molecule has 2 rings (SSSR count). The summed E-state index contributed by atoms with van der Waals surface area (Å²) in [6, 6.07) is 0. The molecular weight excluding hydrogens is 112 g/mol. The van der Waals surface area contributed by atoms with Gasteiger partial charge in [0.05, 0.1) is 0 Å². The van der Waals surface area contributed by atoms with E-state index in [4.69, 9.17) is 0 Å². The molecule has 0 aromatic carbocycles. The Hall–Kier alpha value is -0.330. The SMILES string of the molecule is O=C1CC1CC1CCC1. The zero-order valence-corrected chi connectivity index (χ0v) is 5.60. The highest BCUT2D eigenvalue weighted by molar-refractivity contribution is 5.95. The van der Waals surface area contributed by atoms with Gasteiger partial charge in [0.15, 0.2) is 0 Å². The van der Waals surface area contributed by atoms with Crippen molar-refractivity contribution in [2.75, 3.05) is 0 Å². The highest BCUT2D eigenvalue weighted by Gasteiger charge is 2.37. The highest BCUT2D eigenvalue weighted by Crippen LogP contribution is 2.39. The van der Waals surface area contributed by atoms with E-state index >= 15 is 0 Å². The summed E-state index contributed by atoms with van der Waals surface area (Å²) in [6.07, 6.45) is 6.31. The lowest BCUT2D eigenvalue weighted by Crippen LogP contribution is -2.11. The fourth-order valence-electron chi connectivity index (χ4n) is 1.53. The monoisotopic (exact) mass is 124 g/mol. The molecule has 1 atom stereocenters. The minimum Gasteiger partial charge on any atom is -0.299 e. The van der Waals surface area contributed by atoms with Gasteiger partial charge in [0.1, 0.15) is 5.78 Å². The molecule has 0 aliphatic heterocycles. The predicted octanol–water partition coefficient (Wildman–Crippen LogP) is 1.77. The summed E-state index contributed by atoms with van der Waals surface area (Å²) in [5.74, 6) is 1.96. The van der Waals surface area contributed by atoms with Crippen molar-refractivity contribution in [1.82, 2.24) is 0 Å². The second-order valence-electron chi connectivity index (χ2n) is 3.40. The molecule has 0 heterocycles. The van der Waals surface area contributed by atoms with Crippen molar-refractivity contribution < 1.29 is 4.79 Å². The first kappa shape index (κ1) is 5.45. The molecule has 50 valence electrons. The van der Waals surface area contributed by atoms with E-state index < -0.39 is 0 Å². The Balaban J connectivity index is 1.72. The Labute approximate surface area is 55.4 Å². The van der Waals surface area contributed by atoms with Crippen molar-refractivity contribution >= 4 is 5.78 Å². The quantitative estimate of drug-likeness (QED) is 0.548. The molecule has 2 aliphatic rings. The molecule has 0 spiro atoms. The Morgan fingerprint density at radius 2 is 2.11 bits per heavy atom. The van der Waals surface area contributed by atoms with Crippen LogP contribution in [0.5, 0.6) is 0 Å². The van der Waals surface area contributed by atoms with E-state index in [0.717, 1.165) is 12.3 Å². The van der Waals surface area contributed by atoms with Crippen LogP contribution in [0.4, 0.5) is 0 Å². The Morgan fingerprint density at radius 3 is 2.44 bits per heavy atom. The highest BCUT2D eigenvalue weighted by atomic mass is 16.1. The summed E-state index contributed by atoms with van der Waals surface area (Å²) >= 11 is 0. The summed E-state index contributed by atoms with van der Waals surface area (Å²) in [4.78, 5) is 10.6. The van der Waals surface area contributed by atoms with E-state index in [2.05, 4.69) is 0 Å². The van der Waals surface area contributed by atoms with E-state index in [9.17, 15) is 4.79 Å². The number of carbonyl (C=O) groups excluding carboxylic acids is 1. The fraction of sp³-hybridized carbons (Fsp3) is 0.875. The number of Topliss-reactive ketones (excluding diaryl/α,β-unsaturated/α-hetero) is 1. The first-order valence-corrected chi connectivity index (χ1v) is 3.89. The van der Waals surface area contributed by atoms with Gasteiger partial charge in [-0.3, -0.25) is 4.79 Å². The fourth-order valence-corrected chi connectivity index (χ4v) is 1.53. The molecule has 2 saturated carbocycles. The topological polar surface area (TPSA) is 17.1 Å². The summed E-state index contributed by atoms with van der Waals surface area (Å²) in [7, 11) is 0. The van der Waals surface area contributed by atoms with Crippen molar-refractivity contribution in [3.05, 3.63) is 0 Å². The second-order valence-corrected chi connectivity index (χ2v) is 3.40. The molecule has 0 radical (unpaired) electrons. The lowest BCUT2D eigenvalue weighted by atomic mass is 9.82. The number of hydrogen-bond acceptors (Lipinski definition) is 1. The summed E-state index contributed by atoms with van der Waals surface area (Å²) in [5, 5.41) is 0. The third-order valence-electron chi connectivity index (χ3n) is 2.59. The van der Waals surface area contributed by atoms with Gasteiger partial charge >= 0.3 is 0 Å². The molecule has 0 saturated heterocycles. The Bertz CT molecular complexity index is 136. The van der Waals surface area contributed by atoms with E-state index in [1.807, 2.05) is 0 Å². The van der Waals surface area contributed by atoms with Gasteiger partial charge < -0.3 is 0 Å². The summed E-state index contributed by atoms with van der Waals surface area (Å²) in [5.41, 5.74) is 0. The average Bonchev–Trinajstić information content (AvgIpc) is 2.36. The van der Waals surface area contributed by atoms with Crippen LogP contribution in [-0.4, -0.2) is 5.78 Å². The number of rotatable bonds is 2. The maximum Gasteiger partial charge on any atom is 0.137 e. The second kappa shape index (κ2) is 1.83. The van der Waals surface area contributed by atoms with Crippen LogP contribution in [0.15, 0.2) is 0 Å². The molecule has 0 N–H and O–H groups in total. The zero-order chi connectivity index (χ0) is 6.27. The maximum atomic E-state index is 10.6. The van der Waals surface area contributed by atoms with Crippen molar-refractivity contribution in [2.24, 2.45) is 11.8 Å². The first-order valence-electron chi connectivity index (χ1n) is 3.89. The lowest BCUT2D eigenvalue weighted by molar-refractivity contribution is -0.111. The van der Waals surface area contributed by atoms with Crippen LogP contribution >= 0.6 is 0 Å². The van der Waals surface area contributed by atoms with Crippen LogP contribution in [0.25, 0.3) is 0 Å². The number of hydrogen-bond donors (Lipinski definition) is 0. The van der Waals surface area contributed by atoms with Gasteiger partial charge in [-0.05, 0) is 12.3 Å². The molecule has 2 aliphatic carbocycles. The molecule has 0 aromatic rings. The normalized spacial score (nSPS) is 34.2. The Kier molecular flexibility index (Phi) is 1.11. The van der Waals surface area contributed by atoms with Gasteiger partial charge in [0, 0.05) is 12.3 Å². The van der Waals surface area contributed by atoms with Crippen molar-refractivity contribution in [2.45, 2.75) is 32.1 Å². The summed E-state index contributed by atoms with van der Waals surface area (Å²) < 4.78 is 0. The van der Waals surface area contributed by atoms with E-state index in [0.29, 0.717) is 11.7 Å². The third-order valence-corrected chi connectivity index (χ3v) is 2.59. The molecule has 0 amide bonds. The molecule has 9 heavy (non-hydrogen) atoms. The molecule has 1 unspecified atom stereocenters. The molecular formula is C8H12O. The minimum atomic E-state index is 0.510. The Morgan fingerprint density at radius 1 is 1.44 bits per heavy atom. The van der Waals surface area contributed by atoms with Crippen LogP contribution < -0.4 is 0 Å². The van der Waals surface area contributed by atoms with Crippen LogP contribution in [0.3, 0.4) is 0 Å². The van der Waals surface area contributed by atoms with E-state index in [-0.39, 0.29) is 0 Å². The number of ketones is 1. The largest absolute Gasteiger partial charge is 0.299 e. The standard InChI is InChI=1S/C8H12O/c9-8-5-7(8)4-6-2-1-3-6/h6-7H,1-5H2. The van der Waals surface area contributed by atoms with Gasteiger partial charge in [-0.1, -0.05) is 19.3 Å². The van der Waals surface area contributed by atoms with Crippen molar-refractivity contribution in [3.63, 3.8) is 0 Å². The molecule has 0 bridgehead atoms. The predicted molar refractivity (Wildman–Crippen MR) is 35.1 cm³/mol.